The summed E-state index contributed by atoms with van der Waals surface area (Å²) in [5.41, 5.74) is -0.0178. The number of likely N-dealkylation sites (N-methyl/N-ethyl adjacent to an activating group) is 1. The summed E-state index contributed by atoms with van der Waals surface area (Å²) in [5, 5.41) is 20.0. The van der Waals surface area contributed by atoms with Gasteiger partial charge in [0.1, 0.15) is 17.9 Å². The van der Waals surface area contributed by atoms with Crippen LogP contribution in [0, 0.1) is 10.1 Å². The van der Waals surface area contributed by atoms with E-state index in [9.17, 15) is 14.9 Å². The van der Waals surface area contributed by atoms with Crippen molar-refractivity contribution in [2.75, 3.05) is 11.9 Å². The van der Waals surface area contributed by atoms with Crippen molar-refractivity contribution in [1.29, 1.82) is 0 Å². The highest BCUT2D eigenvalue weighted by Crippen LogP contribution is 2.35. The standard InChI is InChI=1S/C10H12BrN3O4/c1-3-7(10(15)16)13(2)9-6(11)4-12-5-8(9)14(17)18/h4-5,7H,3H2,1-2H3,(H,15,16)/t7-/m1/s1. The largest absolute Gasteiger partial charge is 0.480 e. The van der Waals surface area contributed by atoms with Crippen LogP contribution in [-0.4, -0.2) is 34.1 Å². The minimum atomic E-state index is -1.03. The molecule has 1 aromatic rings. The van der Waals surface area contributed by atoms with Gasteiger partial charge < -0.3 is 10.0 Å². The average molecular weight is 318 g/mol. The topological polar surface area (TPSA) is 96.6 Å². The number of hydrogen-bond donors (Lipinski definition) is 1. The average Bonchev–Trinajstić information content (AvgIpc) is 2.28. The van der Waals surface area contributed by atoms with Gasteiger partial charge in [-0.25, -0.2) is 4.79 Å². The number of aromatic nitrogens is 1. The fourth-order valence-corrected chi connectivity index (χ4v) is 2.27. The number of carboxylic acid groups (broad SMARTS) is 1. The monoisotopic (exact) mass is 317 g/mol. The molecule has 8 heteroatoms. The third kappa shape index (κ3) is 2.76. The Hall–Kier alpha value is -1.70. The van der Waals surface area contributed by atoms with Gasteiger partial charge in [-0.05, 0) is 22.4 Å². The van der Waals surface area contributed by atoms with Gasteiger partial charge in [0.25, 0.3) is 0 Å². The molecule has 0 amide bonds. The van der Waals surface area contributed by atoms with Gasteiger partial charge in [-0.2, -0.15) is 0 Å². The lowest BCUT2D eigenvalue weighted by molar-refractivity contribution is -0.384. The summed E-state index contributed by atoms with van der Waals surface area (Å²) in [5.74, 6) is -1.03. The van der Waals surface area contributed by atoms with E-state index in [1.807, 2.05) is 0 Å². The number of hydrogen-bond acceptors (Lipinski definition) is 5. The van der Waals surface area contributed by atoms with Crippen molar-refractivity contribution in [3.05, 3.63) is 27.0 Å². The summed E-state index contributed by atoms with van der Waals surface area (Å²) in [6.45, 7) is 1.70. The number of carbonyl (C=O) groups is 1. The molecule has 0 aliphatic rings. The molecule has 0 unspecified atom stereocenters. The second-order valence-electron chi connectivity index (χ2n) is 3.62. The van der Waals surface area contributed by atoms with E-state index >= 15 is 0 Å². The number of pyridine rings is 1. The van der Waals surface area contributed by atoms with Crippen LogP contribution < -0.4 is 4.90 Å². The summed E-state index contributed by atoms with van der Waals surface area (Å²) in [4.78, 5) is 26.5. The number of rotatable bonds is 5. The van der Waals surface area contributed by atoms with Gasteiger partial charge in [-0.1, -0.05) is 6.92 Å². The molecule has 0 spiro atoms. The highest BCUT2D eigenvalue weighted by Gasteiger charge is 2.28. The molecule has 0 saturated carbocycles. The Morgan fingerprint density at radius 2 is 2.28 bits per heavy atom. The van der Waals surface area contributed by atoms with Gasteiger partial charge in [0.2, 0.25) is 0 Å². The minimum Gasteiger partial charge on any atom is -0.480 e. The van der Waals surface area contributed by atoms with Crippen LogP contribution >= 0.6 is 15.9 Å². The second kappa shape index (κ2) is 5.76. The van der Waals surface area contributed by atoms with Gasteiger partial charge in [0, 0.05) is 13.2 Å². The molecular formula is C10H12BrN3O4. The fourth-order valence-electron chi connectivity index (χ4n) is 1.67. The Balaban J connectivity index is 3.31. The van der Waals surface area contributed by atoms with Crippen molar-refractivity contribution < 1.29 is 14.8 Å². The molecule has 0 bridgehead atoms. The molecular weight excluding hydrogens is 306 g/mol. The Labute approximate surface area is 112 Å². The predicted molar refractivity (Wildman–Crippen MR) is 68.7 cm³/mol. The molecule has 0 saturated heterocycles. The van der Waals surface area contributed by atoms with Gasteiger partial charge in [-0.15, -0.1) is 0 Å². The van der Waals surface area contributed by atoms with Gasteiger partial charge >= 0.3 is 11.7 Å². The summed E-state index contributed by atoms with van der Waals surface area (Å²) in [6.07, 6.45) is 2.83. The maximum atomic E-state index is 11.1. The SMILES string of the molecule is CC[C@H](C(=O)O)N(C)c1c(Br)cncc1[N+](=O)[O-]. The summed E-state index contributed by atoms with van der Waals surface area (Å²) >= 11 is 3.16. The van der Waals surface area contributed by atoms with E-state index in [0.29, 0.717) is 10.9 Å². The molecule has 7 nitrogen and oxygen atoms in total. The quantitative estimate of drug-likeness (QED) is 0.659. The maximum absolute atomic E-state index is 11.1. The molecule has 1 N–H and O–H groups in total. The van der Waals surface area contributed by atoms with E-state index in [1.165, 1.54) is 18.1 Å². The zero-order valence-electron chi connectivity index (χ0n) is 9.83. The lowest BCUT2D eigenvalue weighted by Crippen LogP contribution is -2.38. The Kier molecular flexibility index (Phi) is 4.60. The molecule has 0 radical (unpaired) electrons. The minimum absolute atomic E-state index is 0.212. The molecule has 1 rings (SSSR count). The first kappa shape index (κ1) is 14.4. The molecule has 18 heavy (non-hydrogen) atoms. The Bertz CT molecular complexity index is 480. The van der Waals surface area contributed by atoms with Gasteiger partial charge in [-0.3, -0.25) is 15.1 Å². The van der Waals surface area contributed by atoms with Crippen molar-refractivity contribution in [2.24, 2.45) is 0 Å². The lowest BCUT2D eigenvalue weighted by Gasteiger charge is -2.26. The lowest BCUT2D eigenvalue weighted by atomic mass is 10.2. The van der Waals surface area contributed by atoms with E-state index in [2.05, 4.69) is 20.9 Å². The fraction of sp³-hybridized carbons (Fsp3) is 0.400. The van der Waals surface area contributed by atoms with E-state index in [1.54, 1.807) is 6.92 Å². The molecule has 1 atom stereocenters. The number of anilines is 1. The van der Waals surface area contributed by atoms with Crippen LogP contribution in [0.4, 0.5) is 11.4 Å². The number of halogens is 1. The summed E-state index contributed by atoms with van der Waals surface area (Å²) in [7, 11) is 1.51. The van der Waals surface area contributed by atoms with E-state index in [4.69, 9.17) is 5.11 Å². The smallest absolute Gasteiger partial charge is 0.326 e. The first-order valence-electron chi connectivity index (χ1n) is 5.13. The normalized spacial score (nSPS) is 11.9. The van der Waals surface area contributed by atoms with Crippen LogP contribution in [0.15, 0.2) is 16.9 Å². The van der Waals surface area contributed by atoms with Crippen LogP contribution in [0.5, 0.6) is 0 Å². The van der Waals surface area contributed by atoms with Crippen molar-refractivity contribution >= 4 is 33.3 Å². The van der Waals surface area contributed by atoms with E-state index < -0.39 is 16.9 Å². The molecule has 0 fully saturated rings. The number of carboxylic acids is 1. The van der Waals surface area contributed by atoms with Gasteiger partial charge in [0.15, 0.2) is 0 Å². The molecule has 0 aromatic carbocycles. The summed E-state index contributed by atoms with van der Waals surface area (Å²) < 4.78 is 0.388. The predicted octanol–water partition coefficient (Wildman–Crippen LogP) is 2.05. The number of nitrogens with zero attached hydrogens (tertiary/aromatic N) is 3. The van der Waals surface area contributed by atoms with Crippen LogP contribution in [0.2, 0.25) is 0 Å². The molecule has 0 aliphatic heterocycles. The number of aliphatic carboxylic acids is 1. The first-order valence-corrected chi connectivity index (χ1v) is 5.93. The third-order valence-electron chi connectivity index (χ3n) is 2.54. The zero-order chi connectivity index (χ0) is 13.9. The zero-order valence-corrected chi connectivity index (χ0v) is 11.4. The Morgan fingerprint density at radius 3 is 2.72 bits per heavy atom. The molecule has 1 aromatic heterocycles. The highest BCUT2D eigenvalue weighted by molar-refractivity contribution is 9.10. The van der Waals surface area contributed by atoms with Crippen LogP contribution in [0.3, 0.4) is 0 Å². The highest BCUT2D eigenvalue weighted by atomic mass is 79.9. The van der Waals surface area contributed by atoms with Crippen molar-refractivity contribution in [2.45, 2.75) is 19.4 Å². The Morgan fingerprint density at radius 1 is 1.67 bits per heavy atom. The van der Waals surface area contributed by atoms with E-state index in [0.717, 1.165) is 6.20 Å². The molecule has 98 valence electrons. The third-order valence-corrected chi connectivity index (χ3v) is 3.12. The number of nitro groups is 1. The second-order valence-corrected chi connectivity index (χ2v) is 4.47. The van der Waals surface area contributed by atoms with Crippen molar-refractivity contribution in [3.63, 3.8) is 0 Å². The van der Waals surface area contributed by atoms with Crippen LogP contribution in [0.1, 0.15) is 13.3 Å². The molecule has 1 heterocycles. The van der Waals surface area contributed by atoms with Crippen LogP contribution in [-0.2, 0) is 4.79 Å². The van der Waals surface area contributed by atoms with Gasteiger partial charge in [0.05, 0.1) is 9.40 Å². The summed E-state index contributed by atoms with van der Waals surface area (Å²) in [6, 6.07) is -0.831. The van der Waals surface area contributed by atoms with Crippen LogP contribution in [0.25, 0.3) is 0 Å². The van der Waals surface area contributed by atoms with Crippen molar-refractivity contribution in [1.82, 2.24) is 4.98 Å². The first-order chi connectivity index (χ1) is 8.40. The van der Waals surface area contributed by atoms with Crippen molar-refractivity contribution in [3.8, 4) is 0 Å². The maximum Gasteiger partial charge on any atom is 0.326 e. The molecule has 0 aliphatic carbocycles. The van der Waals surface area contributed by atoms with E-state index in [-0.39, 0.29) is 11.4 Å².